The van der Waals surface area contributed by atoms with Gasteiger partial charge in [0.05, 0.1) is 19.1 Å². The van der Waals surface area contributed by atoms with Gasteiger partial charge >= 0.3 is 11.9 Å². The molecule has 4 aromatic rings. The van der Waals surface area contributed by atoms with Crippen molar-refractivity contribution in [2.24, 2.45) is 0 Å². The summed E-state index contributed by atoms with van der Waals surface area (Å²) < 4.78 is 10.8. The number of carboxylic acid groups (broad SMARTS) is 1. The lowest BCUT2D eigenvalue weighted by atomic mass is 9.90. The van der Waals surface area contributed by atoms with Crippen LogP contribution in [0.1, 0.15) is 17.5 Å². The molecule has 1 heterocycles. The maximum absolute atomic E-state index is 12.5. The number of carboxylic acids is 1. The fourth-order valence-electron chi connectivity index (χ4n) is 3.54. The monoisotopic (exact) mass is 386 g/mol. The van der Waals surface area contributed by atoms with Gasteiger partial charge in [-0.25, -0.2) is 4.79 Å². The third-order valence-electron chi connectivity index (χ3n) is 4.79. The number of para-hydroxylation sites is 1. The number of carbonyl (C=O) groups excluding carboxylic acids is 1. The minimum Gasteiger partial charge on any atom is -0.481 e. The summed E-state index contributed by atoms with van der Waals surface area (Å²) in [5.74, 6) is -1.77. The van der Waals surface area contributed by atoms with Crippen molar-refractivity contribution in [2.75, 3.05) is 7.11 Å². The molecule has 0 unspecified atom stereocenters. The van der Waals surface area contributed by atoms with Crippen LogP contribution in [-0.4, -0.2) is 24.2 Å². The fraction of sp³-hybridized carbons (Fsp3) is 0.0833. The quantitative estimate of drug-likeness (QED) is 0.384. The topological polar surface area (TPSA) is 76.7 Å². The minimum absolute atomic E-state index is 0.0957. The molecule has 29 heavy (non-hydrogen) atoms. The molecule has 0 aliphatic heterocycles. The van der Waals surface area contributed by atoms with Gasteiger partial charge in [0.1, 0.15) is 11.2 Å². The van der Waals surface area contributed by atoms with E-state index in [1.54, 1.807) is 0 Å². The fourth-order valence-corrected chi connectivity index (χ4v) is 3.54. The lowest BCUT2D eigenvalue weighted by molar-refractivity contribution is -0.141. The first kappa shape index (κ1) is 18.5. The molecular weight excluding hydrogens is 368 g/mol. The number of rotatable bonds is 5. The van der Waals surface area contributed by atoms with Gasteiger partial charge in [-0.1, -0.05) is 54.6 Å². The Hall–Kier alpha value is -3.86. The van der Waals surface area contributed by atoms with Crippen molar-refractivity contribution in [3.63, 3.8) is 0 Å². The van der Waals surface area contributed by atoms with E-state index in [1.807, 2.05) is 72.8 Å². The van der Waals surface area contributed by atoms with E-state index in [-0.39, 0.29) is 5.57 Å². The molecule has 0 fully saturated rings. The lowest BCUT2D eigenvalue weighted by Crippen LogP contribution is -2.12. The molecule has 0 spiro atoms. The van der Waals surface area contributed by atoms with Gasteiger partial charge in [0, 0.05) is 10.8 Å². The molecule has 0 amide bonds. The van der Waals surface area contributed by atoms with Crippen LogP contribution in [0.3, 0.4) is 0 Å². The number of fused-ring (bicyclic) bond motifs is 3. The van der Waals surface area contributed by atoms with E-state index < -0.39 is 18.4 Å². The van der Waals surface area contributed by atoms with E-state index in [4.69, 9.17) is 9.15 Å². The molecule has 0 aliphatic carbocycles. The van der Waals surface area contributed by atoms with Crippen molar-refractivity contribution in [1.29, 1.82) is 0 Å². The van der Waals surface area contributed by atoms with Gasteiger partial charge in [-0.2, -0.15) is 0 Å². The van der Waals surface area contributed by atoms with Gasteiger partial charge in [-0.3, -0.25) is 4.79 Å². The smallest absolute Gasteiger partial charge is 0.334 e. The predicted octanol–water partition coefficient (Wildman–Crippen LogP) is 5.04. The molecule has 5 heteroatoms. The molecule has 1 N–H and O–H groups in total. The second-order valence-electron chi connectivity index (χ2n) is 6.59. The Bertz CT molecular complexity index is 1250. The van der Waals surface area contributed by atoms with Gasteiger partial charge in [-0.15, -0.1) is 0 Å². The van der Waals surface area contributed by atoms with E-state index in [1.165, 1.54) is 7.11 Å². The maximum atomic E-state index is 12.5. The molecule has 0 radical (unpaired) electrons. The van der Waals surface area contributed by atoms with Gasteiger partial charge in [0.2, 0.25) is 0 Å². The number of hydrogen-bond donors (Lipinski definition) is 1. The molecule has 0 bridgehead atoms. The predicted molar refractivity (Wildman–Crippen MR) is 110 cm³/mol. The lowest BCUT2D eigenvalue weighted by Gasteiger charge is -2.14. The van der Waals surface area contributed by atoms with Crippen LogP contribution in [0.15, 0.2) is 82.8 Å². The zero-order valence-electron chi connectivity index (χ0n) is 15.7. The van der Waals surface area contributed by atoms with Crippen LogP contribution >= 0.6 is 0 Å². The zero-order chi connectivity index (χ0) is 20.4. The second-order valence-corrected chi connectivity index (χ2v) is 6.59. The molecule has 3 aromatic carbocycles. The molecule has 0 aliphatic rings. The number of hydrogen-bond acceptors (Lipinski definition) is 4. The summed E-state index contributed by atoms with van der Waals surface area (Å²) in [6.07, 6.45) is -0.443. The average molecular weight is 386 g/mol. The summed E-state index contributed by atoms with van der Waals surface area (Å²) in [5, 5.41) is 11.2. The number of furan rings is 1. The van der Waals surface area contributed by atoms with Gasteiger partial charge in [0.25, 0.3) is 0 Å². The van der Waals surface area contributed by atoms with E-state index in [2.05, 4.69) is 0 Å². The Balaban J connectivity index is 2.03. The second kappa shape index (κ2) is 7.64. The molecule has 0 saturated carbocycles. The first-order chi connectivity index (χ1) is 14.1. The summed E-state index contributed by atoms with van der Waals surface area (Å²) in [5.41, 5.74) is 3.58. The molecule has 1 aromatic heterocycles. The van der Waals surface area contributed by atoms with Crippen LogP contribution in [0.4, 0.5) is 0 Å². The summed E-state index contributed by atoms with van der Waals surface area (Å²) in [6, 6.07) is 22.5. The van der Waals surface area contributed by atoms with E-state index >= 15 is 0 Å². The summed E-state index contributed by atoms with van der Waals surface area (Å²) >= 11 is 0. The van der Waals surface area contributed by atoms with Crippen molar-refractivity contribution in [3.05, 3.63) is 89.5 Å². The summed E-state index contributed by atoms with van der Waals surface area (Å²) in [6.45, 7) is 0. The number of aliphatic carboxylic acids is 1. The van der Waals surface area contributed by atoms with Crippen LogP contribution in [0.5, 0.6) is 0 Å². The molecule has 0 saturated heterocycles. The van der Waals surface area contributed by atoms with Crippen LogP contribution in [0.25, 0.3) is 27.5 Å². The number of esters is 1. The Morgan fingerprint density at radius 2 is 1.55 bits per heavy atom. The zero-order valence-corrected chi connectivity index (χ0v) is 15.7. The highest BCUT2D eigenvalue weighted by Gasteiger charge is 2.22. The Kier molecular flexibility index (Phi) is 4.87. The average Bonchev–Trinajstić information content (AvgIpc) is 3.11. The van der Waals surface area contributed by atoms with Crippen molar-refractivity contribution < 1.29 is 23.8 Å². The van der Waals surface area contributed by atoms with Gasteiger partial charge < -0.3 is 14.3 Å². The highest BCUT2D eigenvalue weighted by molar-refractivity contribution is 6.09. The van der Waals surface area contributed by atoms with Gasteiger partial charge in [0.15, 0.2) is 0 Å². The van der Waals surface area contributed by atoms with Crippen LogP contribution in [0.2, 0.25) is 0 Å². The standard InChI is InChI=1S/C24H18O5/c1-28-24(27)19(14-22(25)26)23(15-7-3-2-4-8-15)16-11-12-21-18(13-16)17-9-5-6-10-20(17)29-21/h2-13H,14H2,1H3,(H,25,26). The van der Waals surface area contributed by atoms with Crippen LogP contribution < -0.4 is 0 Å². The Morgan fingerprint density at radius 3 is 2.28 bits per heavy atom. The van der Waals surface area contributed by atoms with Crippen molar-refractivity contribution in [1.82, 2.24) is 0 Å². The highest BCUT2D eigenvalue weighted by Crippen LogP contribution is 2.35. The van der Waals surface area contributed by atoms with E-state index in [9.17, 15) is 14.7 Å². The summed E-state index contributed by atoms with van der Waals surface area (Å²) in [7, 11) is 1.25. The Morgan fingerprint density at radius 1 is 0.862 bits per heavy atom. The third-order valence-corrected chi connectivity index (χ3v) is 4.79. The van der Waals surface area contributed by atoms with Crippen molar-refractivity contribution >= 4 is 39.5 Å². The SMILES string of the molecule is COC(=O)C(CC(=O)O)=C(c1ccccc1)c1ccc2oc3ccccc3c2c1. The van der Waals surface area contributed by atoms with E-state index in [0.717, 1.165) is 33.1 Å². The number of ether oxygens (including phenoxy) is 1. The largest absolute Gasteiger partial charge is 0.481 e. The number of methoxy groups -OCH3 is 1. The number of carbonyl (C=O) groups is 2. The van der Waals surface area contributed by atoms with Crippen molar-refractivity contribution in [3.8, 4) is 0 Å². The Labute approximate surface area is 166 Å². The van der Waals surface area contributed by atoms with Crippen LogP contribution in [-0.2, 0) is 14.3 Å². The maximum Gasteiger partial charge on any atom is 0.334 e. The molecule has 5 nitrogen and oxygen atoms in total. The first-order valence-corrected chi connectivity index (χ1v) is 9.09. The molecule has 4 rings (SSSR count). The molecule has 0 atom stereocenters. The molecule has 144 valence electrons. The summed E-state index contributed by atoms with van der Waals surface area (Å²) in [4.78, 5) is 24.0. The highest BCUT2D eigenvalue weighted by atomic mass is 16.5. The van der Waals surface area contributed by atoms with E-state index in [0.29, 0.717) is 5.57 Å². The third kappa shape index (κ3) is 3.50. The normalized spacial score (nSPS) is 12.0. The number of benzene rings is 3. The van der Waals surface area contributed by atoms with Crippen LogP contribution in [0, 0.1) is 0 Å². The minimum atomic E-state index is -1.10. The first-order valence-electron chi connectivity index (χ1n) is 9.09. The molecular formula is C24H18O5. The van der Waals surface area contributed by atoms with Crippen molar-refractivity contribution in [2.45, 2.75) is 6.42 Å². The van der Waals surface area contributed by atoms with Gasteiger partial charge in [-0.05, 0) is 34.9 Å².